The minimum atomic E-state index is 0.824. The summed E-state index contributed by atoms with van der Waals surface area (Å²) in [7, 11) is 3.91. The van der Waals surface area contributed by atoms with Gasteiger partial charge in [-0.1, -0.05) is 18.2 Å². The zero-order chi connectivity index (χ0) is 22.2. The molecule has 2 N–H and O–H groups in total. The predicted molar refractivity (Wildman–Crippen MR) is 132 cm³/mol. The fourth-order valence-electron chi connectivity index (χ4n) is 3.80. The summed E-state index contributed by atoms with van der Waals surface area (Å²) in [6.45, 7) is 13.4. The van der Waals surface area contributed by atoms with Gasteiger partial charge in [-0.3, -0.25) is 9.89 Å². The van der Waals surface area contributed by atoms with Crippen LogP contribution in [0.5, 0.6) is 0 Å². The summed E-state index contributed by atoms with van der Waals surface area (Å²) in [6, 6.07) is 10.8. The van der Waals surface area contributed by atoms with Gasteiger partial charge in [-0.2, -0.15) is 0 Å². The number of nitrogens with one attached hydrogen (secondary N) is 2. The quantitative estimate of drug-likeness (QED) is 0.267. The SMILES string of the molecule is CCNC(=NCCCCN1CCN(c2ccccc2)CC1)NCCN(C)CCCOC. The highest BCUT2D eigenvalue weighted by Crippen LogP contribution is 2.15. The number of rotatable bonds is 14. The monoisotopic (exact) mass is 432 g/mol. The zero-order valence-corrected chi connectivity index (χ0v) is 20.0. The Morgan fingerprint density at radius 2 is 1.81 bits per heavy atom. The van der Waals surface area contributed by atoms with Gasteiger partial charge in [0.15, 0.2) is 5.96 Å². The van der Waals surface area contributed by atoms with E-state index in [2.05, 4.69) is 69.6 Å². The molecule has 1 aliphatic heterocycles. The molecule has 1 heterocycles. The number of piperazine rings is 1. The van der Waals surface area contributed by atoms with Crippen molar-refractivity contribution in [3.05, 3.63) is 30.3 Å². The molecule has 1 aromatic rings. The topological polar surface area (TPSA) is 55.4 Å². The molecular formula is C24H44N6O. The highest BCUT2D eigenvalue weighted by atomic mass is 16.5. The average molecular weight is 433 g/mol. The van der Waals surface area contributed by atoms with E-state index in [1.165, 1.54) is 18.7 Å². The number of hydrogen-bond acceptors (Lipinski definition) is 5. The van der Waals surface area contributed by atoms with Gasteiger partial charge >= 0.3 is 0 Å². The number of benzene rings is 1. The number of anilines is 1. The Morgan fingerprint density at radius 3 is 2.52 bits per heavy atom. The number of hydrogen-bond donors (Lipinski definition) is 2. The van der Waals surface area contributed by atoms with Crippen LogP contribution >= 0.6 is 0 Å². The van der Waals surface area contributed by atoms with Crippen molar-refractivity contribution in [3.8, 4) is 0 Å². The highest BCUT2D eigenvalue weighted by molar-refractivity contribution is 5.79. The first-order valence-electron chi connectivity index (χ1n) is 11.9. The highest BCUT2D eigenvalue weighted by Gasteiger charge is 2.16. The van der Waals surface area contributed by atoms with Crippen LogP contribution in [0.25, 0.3) is 0 Å². The third kappa shape index (κ3) is 10.8. The smallest absolute Gasteiger partial charge is 0.191 e. The van der Waals surface area contributed by atoms with E-state index in [0.29, 0.717) is 0 Å². The van der Waals surface area contributed by atoms with E-state index in [9.17, 15) is 0 Å². The summed E-state index contributed by atoms with van der Waals surface area (Å²) >= 11 is 0. The first-order chi connectivity index (χ1) is 15.2. The summed E-state index contributed by atoms with van der Waals surface area (Å²) < 4.78 is 5.12. The van der Waals surface area contributed by atoms with Gasteiger partial charge in [0, 0.05) is 78.3 Å². The first-order valence-corrected chi connectivity index (χ1v) is 11.9. The molecule has 0 unspecified atom stereocenters. The molecule has 0 saturated carbocycles. The fraction of sp³-hybridized carbons (Fsp3) is 0.708. The van der Waals surface area contributed by atoms with Crippen LogP contribution in [0.3, 0.4) is 0 Å². The van der Waals surface area contributed by atoms with Crippen LogP contribution in [-0.4, -0.2) is 102 Å². The summed E-state index contributed by atoms with van der Waals surface area (Å²) in [5.74, 6) is 0.935. The van der Waals surface area contributed by atoms with Crippen molar-refractivity contribution in [2.75, 3.05) is 91.1 Å². The Balaban J connectivity index is 1.56. The molecule has 1 aromatic carbocycles. The number of likely N-dealkylation sites (N-methyl/N-ethyl adjacent to an activating group) is 1. The zero-order valence-electron chi connectivity index (χ0n) is 20.0. The van der Waals surface area contributed by atoms with Crippen LogP contribution in [0.4, 0.5) is 5.69 Å². The Bertz CT molecular complexity index is 589. The molecule has 31 heavy (non-hydrogen) atoms. The minimum Gasteiger partial charge on any atom is -0.385 e. The Labute approximate surface area is 189 Å². The van der Waals surface area contributed by atoms with Crippen molar-refractivity contribution in [1.82, 2.24) is 20.4 Å². The molecule has 7 nitrogen and oxygen atoms in total. The van der Waals surface area contributed by atoms with Crippen LogP contribution < -0.4 is 15.5 Å². The Kier molecular flexibility index (Phi) is 13.0. The molecule has 0 bridgehead atoms. The van der Waals surface area contributed by atoms with Crippen molar-refractivity contribution in [1.29, 1.82) is 0 Å². The molecule has 0 aliphatic carbocycles. The molecule has 0 aromatic heterocycles. The fourth-order valence-corrected chi connectivity index (χ4v) is 3.80. The molecular weight excluding hydrogens is 388 g/mol. The van der Waals surface area contributed by atoms with E-state index in [0.717, 1.165) is 84.3 Å². The van der Waals surface area contributed by atoms with Gasteiger partial charge in [-0.25, -0.2) is 0 Å². The van der Waals surface area contributed by atoms with Gasteiger partial charge in [-0.15, -0.1) is 0 Å². The van der Waals surface area contributed by atoms with Gasteiger partial charge in [0.25, 0.3) is 0 Å². The molecule has 7 heteroatoms. The lowest BCUT2D eigenvalue weighted by Gasteiger charge is -2.36. The summed E-state index contributed by atoms with van der Waals surface area (Å²) in [5, 5.41) is 6.81. The van der Waals surface area contributed by atoms with Crippen LogP contribution in [0.2, 0.25) is 0 Å². The molecule has 1 saturated heterocycles. The molecule has 2 rings (SSSR count). The van der Waals surface area contributed by atoms with Crippen molar-refractivity contribution in [3.63, 3.8) is 0 Å². The van der Waals surface area contributed by atoms with Crippen LogP contribution in [-0.2, 0) is 4.74 Å². The number of nitrogens with zero attached hydrogens (tertiary/aromatic N) is 4. The number of aliphatic imine (C=N–C) groups is 1. The Morgan fingerprint density at radius 1 is 1.03 bits per heavy atom. The first kappa shape index (κ1) is 25.4. The number of para-hydroxylation sites is 1. The van der Waals surface area contributed by atoms with Gasteiger partial charge < -0.3 is 25.2 Å². The van der Waals surface area contributed by atoms with Crippen molar-refractivity contribution >= 4 is 11.6 Å². The van der Waals surface area contributed by atoms with E-state index in [-0.39, 0.29) is 0 Å². The third-order valence-electron chi connectivity index (χ3n) is 5.66. The second kappa shape index (κ2) is 15.9. The van der Waals surface area contributed by atoms with Crippen molar-refractivity contribution in [2.24, 2.45) is 4.99 Å². The van der Waals surface area contributed by atoms with Gasteiger partial charge in [0.05, 0.1) is 0 Å². The number of ether oxygens (including phenoxy) is 1. The maximum absolute atomic E-state index is 5.12. The largest absolute Gasteiger partial charge is 0.385 e. The van der Waals surface area contributed by atoms with E-state index >= 15 is 0 Å². The maximum atomic E-state index is 5.12. The predicted octanol–water partition coefficient (Wildman–Crippen LogP) is 2.11. The molecule has 0 atom stereocenters. The van der Waals surface area contributed by atoms with Crippen LogP contribution in [0, 0.1) is 0 Å². The van der Waals surface area contributed by atoms with Crippen molar-refractivity contribution in [2.45, 2.75) is 26.2 Å². The van der Waals surface area contributed by atoms with E-state index in [1.807, 2.05) is 0 Å². The molecule has 0 radical (unpaired) electrons. The van der Waals surface area contributed by atoms with Crippen molar-refractivity contribution < 1.29 is 4.74 Å². The van der Waals surface area contributed by atoms with E-state index in [4.69, 9.17) is 9.73 Å². The minimum absolute atomic E-state index is 0.824. The number of unbranched alkanes of at least 4 members (excludes halogenated alkanes) is 1. The summed E-state index contributed by atoms with van der Waals surface area (Å²) in [4.78, 5) is 12.2. The summed E-state index contributed by atoms with van der Waals surface area (Å²) in [5.41, 5.74) is 1.35. The second-order valence-corrected chi connectivity index (χ2v) is 8.21. The number of methoxy groups -OCH3 is 1. The molecule has 1 aliphatic rings. The van der Waals surface area contributed by atoms with Gasteiger partial charge in [-0.05, 0) is 51.9 Å². The maximum Gasteiger partial charge on any atom is 0.191 e. The van der Waals surface area contributed by atoms with Crippen LogP contribution in [0.15, 0.2) is 35.3 Å². The molecule has 0 amide bonds. The summed E-state index contributed by atoms with van der Waals surface area (Å²) in [6.07, 6.45) is 3.41. The van der Waals surface area contributed by atoms with Gasteiger partial charge in [0.1, 0.15) is 0 Å². The van der Waals surface area contributed by atoms with E-state index < -0.39 is 0 Å². The number of guanidine groups is 1. The third-order valence-corrected chi connectivity index (χ3v) is 5.66. The molecule has 1 fully saturated rings. The Hall–Kier alpha value is -1.83. The standard InChI is InChI=1S/C24H44N6O/c1-4-25-24(27-14-17-28(2)15-10-22-31-3)26-13-8-9-16-29-18-20-30(21-19-29)23-11-6-5-7-12-23/h5-7,11-12H,4,8-10,13-22H2,1-3H3,(H2,25,26,27). The lowest BCUT2D eigenvalue weighted by atomic mass is 10.2. The van der Waals surface area contributed by atoms with Crippen LogP contribution in [0.1, 0.15) is 26.2 Å². The lowest BCUT2D eigenvalue weighted by molar-refractivity contribution is 0.180. The average Bonchev–Trinajstić information content (AvgIpc) is 2.80. The van der Waals surface area contributed by atoms with E-state index in [1.54, 1.807) is 7.11 Å². The lowest BCUT2D eigenvalue weighted by Crippen LogP contribution is -2.46. The normalized spacial score (nSPS) is 15.5. The second-order valence-electron chi connectivity index (χ2n) is 8.21. The molecule has 0 spiro atoms. The molecule has 176 valence electrons. The van der Waals surface area contributed by atoms with Gasteiger partial charge in [0.2, 0.25) is 0 Å².